The SMILES string of the molecule is Cc1ccc(C(C)(Cc2ccccc2)C2CC34CCC(CCC23)C4)c(C)c1. The Labute approximate surface area is 165 Å². The first-order chi connectivity index (χ1) is 13.0. The molecule has 3 saturated carbocycles. The van der Waals surface area contributed by atoms with Gasteiger partial charge in [0.1, 0.15) is 0 Å². The molecule has 3 aliphatic rings. The average molecular weight is 359 g/mol. The van der Waals surface area contributed by atoms with Crippen molar-refractivity contribution in [1.82, 2.24) is 0 Å². The normalized spacial score (nSPS) is 33.8. The summed E-state index contributed by atoms with van der Waals surface area (Å²) >= 11 is 0. The van der Waals surface area contributed by atoms with Crippen LogP contribution in [0.5, 0.6) is 0 Å². The lowest BCUT2D eigenvalue weighted by Crippen LogP contribution is -2.56. The molecule has 0 radical (unpaired) electrons. The number of benzene rings is 2. The van der Waals surface area contributed by atoms with Crippen molar-refractivity contribution in [2.45, 2.75) is 71.1 Å². The summed E-state index contributed by atoms with van der Waals surface area (Å²) in [7, 11) is 0. The molecule has 27 heavy (non-hydrogen) atoms. The first kappa shape index (κ1) is 17.5. The maximum absolute atomic E-state index is 2.59. The second-order valence-electron chi connectivity index (χ2n) is 10.4. The highest BCUT2D eigenvalue weighted by atomic mass is 14.7. The molecule has 2 aromatic rings. The molecule has 1 spiro atoms. The Morgan fingerprint density at radius 3 is 2.56 bits per heavy atom. The van der Waals surface area contributed by atoms with Gasteiger partial charge in [0.15, 0.2) is 0 Å². The molecule has 0 nitrogen and oxygen atoms in total. The van der Waals surface area contributed by atoms with Crippen LogP contribution in [0.25, 0.3) is 0 Å². The van der Waals surface area contributed by atoms with Gasteiger partial charge in [-0.25, -0.2) is 0 Å². The van der Waals surface area contributed by atoms with Crippen molar-refractivity contribution < 1.29 is 0 Å². The fourth-order valence-corrected chi connectivity index (χ4v) is 7.53. The lowest BCUT2D eigenvalue weighted by atomic mass is 9.42. The van der Waals surface area contributed by atoms with E-state index in [1.165, 1.54) is 55.2 Å². The van der Waals surface area contributed by atoms with Crippen LogP contribution in [0.3, 0.4) is 0 Å². The molecule has 0 N–H and O–H groups in total. The maximum atomic E-state index is 2.59. The summed E-state index contributed by atoms with van der Waals surface area (Å²) in [4.78, 5) is 0. The number of hydrogen-bond acceptors (Lipinski definition) is 0. The van der Waals surface area contributed by atoms with Crippen molar-refractivity contribution in [1.29, 1.82) is 0 Å². The van der Waals surface area contributed by atoms with Gasteiger partial charge in [0.05, 0.1) is 0 Å². The van der Waals surface area contributed by atoms with Gasteiger partial charge in [-0.1, -0.05) is 67.4 Å². The van der Waals surface area contributed by atoms with Gasteiger partial charge in [0, 0.05) is 0 Å². The van der Waals surface area contributed by atoms with Gasteiger partial charge in [-0.05, 0) is 97.6 Å². The van der Waals surface area contributed by atoms with Crippen LogP contribution in [0.2, 0.25) is 0 Å². The van der Waals surface area contributed by atoms with Crippen LogP contribution in [0.4, 0.5) is 0 Å². The molecule has 0 amide bonds. The van der Waals surface area contributed by atoms with Gasteiger partial charge in [-0.2, -0.15) is 0 Å². The van der Waals surface area contributed by atoms with E-state index in [1.54, 1.807) is 12.0 Å². The molecular formula is C27H34. The molecule has 3 aliphatic carbocycles. The van der Waals surface area contributed by atoms with E-state index in [1.807, 2.05) is 0 Å². The summed E-state index contributed by atoms with van der Waals surface area (Å²) in [5, 5.41) is 0. The van der Waals surface area contributed by atoms with Crippen LogP contribution in [-0.4, -0.2) is 0 Å². The minimum Gasteiger partial charge on any atom is -0.0622 e. The van der Waals surface area contributed by atoms with Gasteiger partial charge in [-0.15, -0.1) is 0 Å². The third kappa shape index (κ3) is 2.71. The van der Waals surface area contributed by atoms with Crippen LogP contribution in [0, 0.1) is 37.0 Å². The molecule has 5 unspecified atom stereocenters. The quantitative estimate of drug-likeness (QED) is 0.551. The molecule has 0 heteroatoms. The Hall–Kier alpha value is -1.56. The number of rotatable bonds is 4. The largest absolute Gasteiger partial charge is 0.0622 e. The molecule has 2 aromatic carbocycles. The predicted molar refractivity (Wildman–Crippen MR) is 114 cm³/mol. The Morgan fingerprint density at radius 1 is 0.963 bits per heavy atom. The van der Waals surface area contributed by atoms with E-state index in [0.29, 0.717) is 0 Å². The van der Waals surface area contributed by atoms with E-state index in [9.17, 15) is 0 Å². The van der Waals surface area contributed by atoms with Gasteiger partial charge in [-0.3, -0.25) is 0 Å². The predicted octanol–water partition coefficient (Wildman–Crippen LogP) is 7.02. The summed E-state index contributed by atoms with van der Waals surface area (Å²) in [6, 6.07) is 18.4. The van der Waals surface area contributed by atoms with Crippen molar-refractivity contribution >= 4 is 0 Å². The van der Waals surface area contributed by atoms with E-state index in [-0.39, 0.29) is 5.41 Å². The van der Waals surface area contributed by atoms with Crippen LogP contribution >= 0.6 is 0 Å². The highest BCUT2D eigenvalue weighted by molar-refractivity contribution is 5.40. The van der Waals surface area contributed by atoms with Gasteiger partial charge in [0.2, 0.25) is 0 Å². The third-order valence-corrected chi connectivity index (χ3v) is 8.76. The van der Waals surface area contributed by atoms with E-state index in [2.05, 4.69) is 69.3 Å². The molecule has 142 valence electrons. The van der Waals surface area contributed by atoms with Crippen molar-refractivity contribution in [3.63, 3.8) is 0 Å². The monoisotopic (exact) mass is 358 g/mol. The van der Waals surface area contributed by atoms with E-state index in [0.717, 1.165) is 23.2 Å². The highest BCUT2D eigenvalue weighted by Crippen LogP contribution is 2.70. The third-order valence-electron chi connectivity index (χ3n) is 8.76. The average Bonchev–Trinajstić information content (AvgIpc) is 3.01. The zero-order chi connectivity index (χ0) is 18.6. The second kappa shape index (κ2) is 6.23. The number of aryl methyl sites for hydroxylation is 2. The topological polar surface area (TPSA) is 0 Å². The summed E-state index contributed by atoms with van der Waals surface area (Å²) in [6.45, 7) is 7.16. The van der Waals surface area contributed by atoms with E-state index in [4.69, 9.17) is 0 Å². The first-order valence-electron chi connectivity index (χ1n) is 11.1. The lowest BCUT2D eigenvalue weighted by molar-refractivity contribution is -0.100. The molecule has 0 heterocycles. The maximum Gasteiger partial charge on any atom is -0.000105 e. The molecule has 5 atom stereocenters. The molecule has 5 rings (SSSR count). The Kier molecular flexibility index (Phi) is 4.04. The van der Waals surface area contributed by atoms with Crippen LogP contribution in [-0.2, 0) is 11.8 Å². The summed E-state index contributed by atoms with van der Waals surface area (Å²) in [5.41, 5.74) is 6.97. The van der Waals surface area contributed by atoms with Crippen molar-refractivity contribution in [2.75, 3.05) is 0 Å². The fourth-order valence-electron chi connectivity index (χ4n) is 7.53. The minimum absolute atomic E-state index is 0.254. The van der Waals surface area contributed by atoms with Crippen molar-refractivity contribution in [2.24, 2.45) is 23.2 Å². The van der Waals surface area contributed by atoms with Crippen LogP contribution < -0.4 is 0 Å². The minimum atomic E-state index is 0.254. The lowest BCUT2D eigenvalue weighted by Gasteiger charge is -2.62. The van der Waals surface area contributed by atoms with Crippen LogP contribution in [0.15, 0.2) is 48.5 Å². The summed E-state index contributed by atoms with van der Waals surface area (Å²) in [6.07, 6.45) is 10.2. The second-order valence-corrected chi connectivity index (χ2v) is 10.4. The zero-order valence-electron chi connectivity index (χ0n) is 17.3. The van der Waals surface area contributed by atoms with Gasteiger partial charge < -0.3 is 0 Å². The molecular weight excluding hydrogens is 324 g/mol. The standard InChI is InChI=1S/C27H34/c1-19-9-11-23(20(2)15-19)26(3,16-21-7-5-4-6-8-21)25-18-27-14-13-22(17-27)10-12-24(25)27/h4-9,11,15,22,24-25H,10,12-14,16-18H2,1-3H3. The Balaban J connectivity index is 1.54. The molecule has 2 bridgehead atoms. The molecule has 0 saturated heterocycles. The van der Waals surface area contributed by atoms with Crippen molar-refractivity contribution in [3.8, 4) is 0 Å². The molecule has 0 aromatic heterocycles. The number of fused-ring (bicyclic) bond motifs is 1. The highest BCUT2D eigenvalue weighted by Gasteiger charge is 2.62. The Bertz CT molecular complexity index is 834. The summed E-state index contributed by atoms with van der Waals surface area (Å²) < 4.78 is 0. The van der Waals surface area contributed by atoms with Gasteiger partial charge >= 0.3 is 0 Å². The van der Waals surface area contributed by atoms with Gasteiger partial charge in [0.25, 0.3) is 0 Å². The fraction of sp³-hybridized carbons (Fsp3) is 0.556. The first-order valence-corrected chi connectivity index (χ1v) is 11.1. The molecule has 3 fully saturated rings. The zero-order valence-corrected chi connectivity index (χ0v) is 17.3. The number of hydrogen-bond donors (Lipinski definition) is 0. The molecule has 0 aliphatic heterocycles. The van der Waals surface area contributed by atoms with Crippen LogP contribution in [0.1, 0.15) is 67.7 Å². The smallest absolute Gasteiger partial charge is 0.000105 e. The summed E-state index contributed by atoms with van der Waals surface area (Å²) in [5.74, 6) is 2.87. The Morgan fingerprint density at radius 2 is 1.78 bits per heavy atom. The van der Waals surface area contributed by atoms with E-state index >= 15 is 0 Å². The van der Waals surface area contributed by atoms with Crippen molar-refractivity contribution in [3.05, 3.63) is 70.8 Å². The van der Waals surface area contributed by atoms with E-state index < -0.39 is 0 Å².